The molecule has 0 aliphatic carbocycles. The fourth-order valence-electron chi connectivity index (χ4n) is 1.53. The topological polar surface area (TPSA) is 27.7 Å². The first-order chi connectivity index (χ1) is 9.23. The Hall–Kier alpha value is 1.85. The normalized spacial score (nSPS) is 20.4. The zero-order valence-electron chi connectivity index (χ0n) is 11.4. The van der Waals surface area contributed by atoms with Crippen molar-refractivity contribution in [2.45, 2.75) is 38.5 Å². The van der Waals surface area contributed by atoms with Crippen molar-refractivity contribution in [1.82, 2.24) is 0 Å². The van der Waals surface area contributed by atoms with Crippen LogP contribution in [0.4, 0.5) is 0 Å². The molecule has 7 heteroatoms. The SMILES string of the molecule is C1CCOC1.C1CCOC1.C1CCOC1.[Cl][Y]([Cl])[Cl]. The van der Waals surface area contributed by atoms with Gasteiger partial charge in [0.05, 0.1) is 0 Å². The third kappa shape index (κ3) is 22.3. The van der Waals surface area contributed by atoms with E-state index < -0.39 is 23.3 Å². The molecule has 3 aliphatic rings. The van der Waals surface area contributed by atoms with Gasteiger partial charge in [0.15, 0.2) is 0 Å². The molecule has 3 aliphatic heterocycles. The van der Waals surface area contributed by atoms with E-state index in [1.54, 1.807) is 0 Å². The Morgan fingerprint density at radius 2 is 0.632 bits per heavy atom. The Bertz CT molecular complexity index is 115. The van der Waals surface area contributed by atoms with E-state index in [0.717, 1.165) is 39.6 Å². The van der Waals surface area contributed by atoms with Gasteiger partial charge < -0.3 is 14.2 Å². The van der Waals surface area contributed by atoms with E-state index in [9.17, 15) is 0 Å². The second kappa shape index (κ2) is 17.9. The maximum atomic E-state index is 5.02. The molecule has 0 bridgehead atoms. The first kappa shape index (κ1) is 20.9. The molecule has 0 spiro atoms. The van der Waals surface area contributed by atoms with Crippen LogP contribution >= 0.6 is 22.0 Å². The number of hydrogen-bond acceptors (Lipinski definition) is 3. The molecule has 3 heterocycles. The van der Waals surface area contributed by atoms with Gasteiger partial charge in [0.1, 0.15) is 0 Å². The molecule has 0 aromatic heterocycles. The third-order valence-corrected chi connectivity index (χ3v) is 2.48. The quantitative estimate of drug-likeness (QED) is 0.589. The molecular weight excluding hydrogens is 387 g/mol. The molecule has 0 saturated carbocycles. The number of rotatable bonds is 0. The summed E-state index contributed by atoms with van der Waals surface area (Å²) in [6.45, 7) is 6.00. The minimum atomic E-state index is -2.22. The van der Waals surface area contributed by atoms with Crippen molar-refractivity contribution >= 4 is 22.0 Å². The van der Waals surface area contributed by atoms with Gasteiger partial charge in [-0.3, -0.25) is 0 Å². The van der Waals surface area contributed by atoms with Gasteiger partial charge >= 0.3 is 45.3 Å². The zero-order valence-corrected chi connectivity index (χ0v) is 16.5. The first-order valence-corrected chi connectivity index (χ1v) is 17.9. The molecule has 0 aromatic rings. The molecule has 19 heavy (non-hydrogen) atoms. The fourth-order valence-corrected chi connectivity index (χ4v) is 1.53. The third-order valence-electron chi connectivity index (χ3n) is 2.48. The summed E-state index contributed by atoms with van der Waals surface area (Å²) in [5.74, 6) is 0. The summed E-state index contributed by atoms with van der Waals surface area (Å²) in [6.07, 6.45) is 7.67. The number of hydrogen-bond donors (Lipinski definition) is 0. The van der Waals surface area contributed by atoms with Crippen molar-refractivity contribution in [3.8, 4) is 0 Å². The molecule has 0 atom stereocenters. The standard InChI is InChI=1S/3C4H8O.3ClH.Y/c3*1-2-4-5-3-1;;;;/h3*1-4H2;3*1H;/q;;;;;;+3/p-3. The van der Waals surface area contributed by atoms with Crippen LogP contribution in [0.3, 0.4) is 0 Å². The Labute approximate surface area is 136 Å². The van der Waals surface area contributed by atoms with E-state index in [2.05, 4.69) is 0 Å². The molecule has 0 amide bonds. The molecule has 3 saturated heterocycles. The van der Waals surface area contributed by atoms with Crippen LogP contribution in [-0.4, -0.2) is 39.6 Å². The summed E-state index contributed by atoms with van der Waals surface area (Å²) in [5.41, 5.74) is 0. The van der Waals surface area contributed by atoms with E-state index >= 15 is 0 Å². The summed E-state index contributed by atoms with van der Waals surface area (Å²) in [5, 5.41) is 0. The molecule has 3 fully saturated rings. The van der Waals surface area contributed by atoms with Crippen molar-refractivity contribution in [3.05, 3.63) is 0 Å². The Morgan fingerprint density at radius 1 is 0.474 bits per heavy atom. The monoisotopic (exact) mass is 410 g/mol. The van der Waals surface area contributed by atoms with Gasteiger partial charge in [-0.05, 0) is 38.5 Å². The van der Waals surface area contributed by atoms with Gasteiger partial charge in [-0.15, -0.1) is 0 Å². The predicted octanol–water partition coefficient (Wildman–Crippen LogP) is 4.46. The van der Waals surface area contributed by atoms with Crippen LogP contribution in [0.15, 0.2) is 0 Å². The summed E-state index contributed by atoms with van der Waals surface area (Å²) < 4.78 is 14.8. The van der Waals surface area contributed by atoms with Crippen LogP contribution in [0, 0.1) is 0 Å². The Morgan fingerprint density at radius 3 is 0.684 bits per heavy atom. The van der Waals surface area contributed by atoms with Crippen LogP contribution in [0.2, 0.25) is 0 Å². The van der Waals surface area contributed by atoms with E-state index in [4.69, 9.17) is 36.2 Å². The van der Waals surface area contributed by atoms with Crippen molar-refractivity contribution in [1.29, 1.82) is 0 Å². The minimum absolute atomic E-state index is 1.00. The van der Waals surface area contributed by atoms with Gasteiger partial charge in [-0.1, -0.05) is 0 Å². The summed E-state index contributed by atoms with van der Waals surface area (Å²) >= 11 is -2.22. The maximum absolute atomic E-state index is 5.02. The van der Waals surface area contributed by atoms with Crippen molar-refractivity contribution in [2.75, 3.05) is 39.6 Å². The number of ether oxygens (including phenoxy) is 3. The van der Waals surface area contributed by atoms with E-state index in [-0.39, 0.29) is 0 Å². The molecular formula is C12H24Cl3O3Y. The second-order valence-electron chi connectivity index (χ2n) is 4.21. The van der Waals surface area contributed by atoms with Crippen molar-refractivity contribution in [2.24, 2.45) is 0 Å². The fraction of sp³-hybridized carbons (Fsp3) is 1.00. The van der Waals surface area contributed by atoms with Gasteiger partial charge in [-0.2, -0.15) is 0 Å². The molecule has 3 nitrogen and oxygen atoms in total. The van der Waals surface area contributed by atoms with Crippen molar-refractivity contribution in [3.63, 3.8) is 0 Å². The van der Waals surface area contributed by atoms with Crippen LogP contribution in [-0.2, 0) is 37.5 Å². The Balaban J connectivity index is 0.000000229. The molecule has 0 N–H and O–H groups in total. The van der Waals surface area contributed by atoms with Crippen LogP contribution < -0.4 is 0 Å². The molecule has 114 valence electrons. The van der Waals surface area contributed by atoms with Crippen molar-refractivity contribution < 1.29 is 37.5 Å². The number of halogens is 3. The predicted molar refractivity (Wildman–Crippen MR) is 77.7 cm³/mol. The zero-order chi connectivity index (χ0) is 14.2. The van der Waals surface area contributed by atoms with E-state index in [1.807, 2.05) is 0 Å². The summed E-state index contributed by atoms with van der Waals surface area (Å²) in [7, 11) is 15.0. The van der Waals surface area contributed by atoms with Crippen LogP contribution in [0.5, 0.6) is 0 Å². The van der Waals surface area contributed by atoms with E-state index in [0.29, 0.717) is 0 Å². The first-order valence-electron chi connectivity index (χ1n) is 6.89. The average Bonchev–Trinajstić information content (AvgIpc) is 3.18. The van der Waals surface area contributed by atoms with Gasteiger partial charge in [-0.25, -0.2) is 0 Å². The molecule has 0 radical (unpaired) electrons. The van der Waals surface area contributed by atoms with Crippen LogP contribution in [0.1, 0.15) is 38.5 Å². The van der Waals surface area contributed by atoms with Gasteiger partial charge in [0.25, 0.3) is 0 Å². The van der Waals surface area contributed by atoms with Gasteiger partial charge in [0.2, 0.25) is 0 Å². The second-order valence-corrected chi connectivity index (χ2v) is 17.1. The summed E-state index contributed by atoms with van der Waals surface area (Å²) in [6, 6.07) is 0. The van der Waals surface area contributed by atoms with Gasteiger partial charge in [0, 0.05) is 39.6 Å². The molecule has 0 aromatic carbocycles. The molecule has 3 rings (SSSR count). The Kier molecular flexibility index (Phi) is 19.7. The average molecular weight is 412 g/mol. The molecule has 0 unspecified atom stereocenters. The van der Waals surface area contributed by atoms with E-state index in [1.165, 1.54) is 38.5 Å². The summed E-state index contributed by atoms with van der Waals surface area (Å²) in [4.78, 5) is 0. The van der Waals surface area contributed by atoms with Crippen LogP contribution in [0.25, 0.3) is 0 Å².